The van der Waals surface area contributed by atoms with Gasteiger partial charge >= 0.3 is 0 Å². The van der Waals surface area contributed by atoms with Crippen molar-refractivity contribution in [3.8, 4) is 11.5 Å². The van der Waals surface area contributed by atoms with Crippen molar-refractivity contribution >= 4 is 0 Å². The molecule has 0 amide bonds. The van der Waals surface area contributed by atoms with Gasteiger partial charge in [0.15, 0.2) is 0 Å². The summed E-state index contributed by atoms with van der Waals surface area (Å²) in [5.41, 5.74) is 1.19. The Morgan fingerprint density at radius 2 is 2.06 bits per heavy atom. The van der Waals surface area contributed by atoms with Gasteiger partial charge in [0, 0.05) is 24.2 Å². The Morgan fingerprint density at radius 1 is 1.22 bits per heavy atom. The Balaban J connectivity index is 2.00. The van der Waals surface area contributed by atoms with Gasteiger partial charge in [-0.2, -0.15) is 0 Å². The first-order valence-electron chi connectivity index (χ1n) is 6.69. The highest BCUT2D eigenvalue weighted by Gasteiger charge is 2.22. The summed E-state index contributed by atoms with van der Waals surface area (Å²) in [6, 6.07) is 6.65. The van der Waals surface area contributed by atoms with E-state index in [2.05, 4.69) is 18.3 Å². The van der Waals surface area contributed by atoms with Gasteiger partial charge in [-0.3, -0.25) is 0 Å². The van der Waals surface area contributed by atoms with E-state index in [9.17, 15) is 0 Å². The van der Waals surface area contributed by atoms with Crippen LogP contribution in [0, 0.1) is 5.92 Å². The maximum absolute atomic E-state index is 5.41. The minimum Gasteiger partial charge on any atom is -0.497 e. The normalized spacial score (nSPS) is 23.1. The molecule has 2 atom stereocenters. The van der Waals surface area contributed by atoms with Crippen molar-refractivity contribution in [2.75, 3.05) is 14.2 Å². The number of ether oxygens (including phenoxy) is 2. The van der Waals surface area contributed by atoms with Crippen molar-refractivity contribution in [3.63, 3.8) is 0 Å². The average Bonchev–Trinajstić information content (AvgIpc) is 2.81. The molecule has 0 bridgehead atoms. The predicted octanol–water partition coefficient (Wildman–Crippen LogP) is 2.98. The maximum Gasteiger partial charge on any atom is 0.127 e. The lowest BCUT2D eigenvalue weighted by Crippen LogP contribution is -2.30. The summed E-state index contributed by atoms with van der Waals surface area (Å²) in [6.45, 7) is 3.19. The number of hydrogen-bond acceptors (Lipinski definition) is 3. The number of methoxy groups -OCH3 is 2. The molecule has 2 unspecified atom stereocenters. The molecular formula is C15H23NO2. The van der Waals surface area contributed by atoms with Crippen molar-refractivity contribution in [3.05, 3.63) is 23.8 Å². The summed E-state index contributed by atoms with van der Waals surface area (Å²) in [4.78, 5) is 0. The molecule has 1 aliphatic carbocycles. The third-order valence-electron chi connectivity index (χ3n) is 3.91. The van der Waals surface area contributed by atoms with Gasteiger partial charge in [-0.05, 0) is 24.8 Å². The van der Waals surface area contributed by atoms with E-state index in [4.69, 9.17) is 9.47 Å². The highest BCUT2D eigenvalue weighted by Crippen LogP contribution is 2.27. The lowest BCUT2D eigenvalue weighted by Gasteiger charge is -2.18. The van der Waals surface area contributed by atoms with Gasteiger partial charge in [0.25, 0.3) is 0 Å². The number of rotatable bonds is 5. The topological polar surface area (TPSA) is 30.5 Å². The summed E-state index contributed by atoms with van der Waals surface area (Å²) in [7, 11) is 3.38. The Hall–Kier alpha value is -1.22. The molecule has 18 heavy (non-hydrogen) atoms. The fourth-order valence-electron chi connectivity index (χ4n) is 2.69. The van der Waals surface area contributed by atoms with E-state index in [1.807, 2.05) is 12.1 Å². The van der Waals surface area contributed by atoms with Gasteiger partial charge in [-0.25, -0.2) is 0 Å². The van der Waals surface area contributed by atoms with E-state index >= 15 is 0 Å². The van der Waals surface area contributed by atoms with Crippen LogP contribution in [0.5, 0.6) is 11.5 Å². The standard InChI is InChI=1S/C15H23NO2/c1-11-5-4-6-14(11)16-10-12-7-8-13(17-2)9-15(12)18-3/h7-9,11,14,16H,4-6,10H2,1-3H3. The van der Waals surface area contributed by atoms with E-state index in [0.717, 1.165) is 24.0 Å². The molecule has 0 spiro atoms. The van der Waals surface area contributed by atoms with E-state index in [-0.39, 0.29) is 0 Å². The molecule has 0 radical (unpaired) electrons. The first-order valence-corrected chi connectivity index (χ1v) is 6.69. The molecule has 0 saturated heterocycles. The number of hydrogen-bond donors (Lipinski definition) is 1. The molecule has 1 N–H and O–H groups in total. The first-order chi connectivity index (χ1) is 8.74. The largest absolute Gasteiger partial charge is 0.497 e. The molecule has 3 heteroatoms. The van der Waals surface area contributed by atoms with E-state index in [0.29, 0.717) is 6.04 Å². The molecule has 1 aliphatic rings. The summed E-state index contributed by atoms with van der Waals surface area (Å²) in [5.74, 6) is 2.52. The third kappa shape index (κ3) is 2.96. The van der Waals surface area contributed by atoms with Crippen LogP contribution in [0.15, 0.2) is 18.2 Å². The molecule has 0 heterocycles. The van der Waals surface area contributed by atoms with Crippen LogP contribution in [0.2, 0.25) is 0 Å². The zero-order valence-electron chi connectivity index (χ0n) is 11.5. The van der Waals surface area contributed by atoms with Gasteiger partial charge < -0.3 is 14.8 Å². The van der Waals surface area contributed by atoms with E-state index in [1.54, 1.807) is 14.2 Å². The fraction of sp³-hybridized carbons (Fsp3) is 0.600. The predicted molar refractivity (Wildman–Crippen MR) is 73.2 cm³/mol. The van der Waals surface area contributed by atoms with Crippen molar-refractivity contribution in [2.24, 2.45) is 5.92 Å². The van der Waals surface area contributed by atoms with Gasteiger partial charge in [0.05, 0.1) is 14.2 Å². The van der Waals surface area contributed by atoms with Gasteiger partial charge in [0.1, 0.15) is 11.5 Å². The van der Waals surface area contributed by atoms with Crippen LogP contribution in [-0.2, 0) is 6.54 Å². The van der Waals surface area contributed by atoms with Crippen LogP contribution in [0.3, 0.4) is 0 Å². The zero-order chi connectivity index (χ0) is 13.0. The Labute approximate surface area is 109 Å². The fourth-order valence-corrected chi connectivity index (χ4v) is 2.69. The molecule has 0 aromatic heterocycles. The summed E-state index contributed by atoms with van der Waals surface area (Å²) < 4.78 is 10.6. The highest BCUT2D eigenvalue weighted by atomic mass is 16.5. The number of benzene rings is 1. The van der Waals surface area contributed by atoms with Crippen LogP contribution in [0.4, 0.5) is 0 Å². The van der Waals surface area contributed by atoms with Crippen molar-refractivity contribution in [1.29, 1.82) is 0 Å². The molecule has 1 aromatic carbocycles. The number of nitrogens with one attached hydrogen (secondary N) is 1. The second-order valence-electron chi connectivity index (χ2n) is 5.07. The first kappa shape index (κ1) is 13.2. The average molecular weight is 249 g/mol. The minimum absolute atomic E-state index is 0.650. The smallest absolute Gasteiger partial charge is 0.127 e. The molecule has 1 saturated carbocycles. The van der Waals surface area contributed by atoms with Gasteiger partial charge in [-0.15, -0.1) is 0 Å². The second-order valence-corrected chi connectivity index (χ2v) is 5.07. The molecule has 2 rings (SSSR count). The van der Waals surface area contributed by atoms with Crippen LogP contribution < -0.4 is 14.8 Å². The Bertz CT molecular complexity index is 392. The minimum atomic E-state index is 0.650. The summed E-state index contributed by atoms with van der Waals surface area (Å²) in [6.07, 6.45) is 3.98. The van der Waals surface area contributed by atoms with Crippen LogP contribution >= 0.6 is 0 Å². The van der Waals surface area contributed by atoms with Crippen LogP contribution in [0.1, 0.15) is 31.7 Å². The molecule has 100 valence electrons. The lowest BCUT2D eigenvalue weighted by molar-refractivity contribution is 0.383. The Morgan fingerprint density at radius 3 is 2.67 bits per heavy atom. The quantitative estimate of drug-likeness (QED) is 0.870. The molecular weight excluding hydrogens is 226 g/mol. The highest BCUT2D eigenvalue weighted by molar-refractivity contribution is 5.40. The third-order valence-corrected chi connectivity index (χ3v) is 3.91. The van der Waals surface area contributed by atoms with E-state index in [1.165, 1.54) is 24.8 Å². The van der Waals surface area contributed by atoms with Gasteiger partial charge in [-0.1, -0.05) is 19.4 Å². The maximum atomic E-state index is 5.41. The molecule has 1 aromatic rings. The molecule has 1 fully saturated rings. The Kier molecular flexibility index (Phi) is 4.48. The van der Waals surface area contributed by atoms with Crippen molar-refractivity contribution in [2.45, 2.75) is 38.8 Å². The van der Waals surface area contributed by atoms with Crippen LogP contribution in [0.25, 0.3) is 0 Å². The SMILES string of the molecule is COc1ccc(CNC2CCCC2C)c(OC)c1. The lowest BCUT2D eigenvalue weighted by atomic mass is 10.1. The van der Waals surface area contributed by atoms with Crippen LogP contribution in [-0.4, -0.2) is 20.3 Å². The van der Waals surface area contributed by atoms with Crippen molar-refractivity contribution in [1.82, 2.24) is 5.32 Å². The molecule has 0 aliphatic heterocycles. The van der Waals surface area contributed by atoms with E-state index < -0.39 is 0 Å². The second kappa shape index (κ2) is 6.10. The summed E-state index contributed by atoms with van der Waals surface area (Å²) in [5, 5.41) is 3.64. The van der Waals surface area contributed by atoms with Gasteiger partial charge in [0.2, 0.25) is 0 Å². The summed E-state index contributed by atoms with van der Waals surface area (Å²) >= 11 is 0. The monoisotopic (exact) mass is 249 g/mol. The zero-order valence-corrected chi connectivity index (χ0v) is 11.5. The van der Waals surface area contributed by atoms with Crippen molar-refractivity contribution < 1.29 is 9.47 Å². The molecule has 3 nitrogen and oxygen atoms in total.